The van der Waals surface area contributed by atoms with Crippen LogP contribution in [0.2, 0.25) is 0 Å². The quantitative estimate of drug-likeness (QED) is 0.715. The molecule has 0 aromatic carbocycles. The molecule has 0 spiro atoms. The Hall–Kier alpha value is -3.10. The Kier molecular flexibility index (Phi) is 3.37. The van der Waals surface area contributed by atoms with Crippen LogP contribution in [0, 0.1) is 0 Å². The number of nitrogens with two attached hydrogens (primary N) is 1. The highest BCUT2D eigenvalue weighted by Gasteiger charge is 2.11. The van der Waals surface area contributed by atoms with Gasteiger partial charge in [0.15, 0.2) is 0 Å². The Morgan fingerprint density at radius 1 is 1.24 bits per heavy atom. The number of nitrogens with zero attached hydrogens (tertiary/aromatic N) is 8. The number of hydrogen-bond acceptors (Lipinski definition) is 8. The summed E-state index contributed by atoms with van der Waals surface area (Å²) in [6.07, 6.45) is 6.42. The molecule has 3 heterocycles. The van der Waals surface area contributed by atoms with Crippen LogP contribution in [0.25, 0.3) is 5.95 Å². The summed E-state index contributed by atoms with van der Waals surface area (Å²) in [6.45, 7) is 0.605. The number of anilines is 2. The first kappa shape index (κ1) is 12.9. The van der Waals surface area contributed by atoms with Gasteiger partial charge >= 0.3 is 0 Å². The van der Waals surface area contributed by atoms with Crippen LogP contribution in [0.15, 0.2) is 37.2 Å². The predicted octanol–water partition coefficient (Wildman–Crippen LogP) is 0.0659. The maximum Gasteiger partial charge on any atom is 0.258 e. The molecule has 0 atom stereocenters. The van der Waals surface area contributed by atoms with E-state index in [1.54, 1.807) is 12.4 Å². The minimum atomic E-state index is 0.128. The Bertz CT molecular complexity index is 711. The van der Waals surface area contributed by atoms with E-state index in [-0.39, 0.29) is 5.95 Å². The van der Waals surface area contributed by atoms with E-state index in [1.165, 1.54) is 17.3 Å². The Morgan fingerprint density at radius 3 is 2.86 bits per heavy atom. The lowest BCUT2D eigenvalue weighted by Gasteiger charge is -2.17. The van der Waals surface area contributed by atoms with Gasteiger partial charge in [-0.2, -0.15) is 24.7 Å². The van der Waals surface area contributed by atoms with Crippen molar-refractivity contribution >= 4 is 11.9 Å². The van der Waals surface area contributed by atoms with E-state index in [4.69, 9.17) is 5.73 Å². The highest BCUT2D eigenvalue weighted by Crippen LogP contribution is 2.12. The van der Waals surface area contributed by atoms with Crippen LogP contribution in [-0.4, -0.2) is 41.7 Å². The average molecular weight is 283 g/mol. The maximum absolute atomic E-state index is 5.73. The molecule has 3 rings (SSSR count). The minimum absolute atomic E-state index is 0.128. The normalized spacial score (nSPS) is 10.5. The third kappa shape index (κ3) is 2.91. The fraction of sp³-hybridized carbons (Fsp3) is 0.167. The van der Waals surface area contributed by atoms with Gasteiger partial charge in [-0.05, 0) is 11.6 Å². The number of aromatic nitrogens is 7. The molecular weight excluding hydrogens is 270 g/mol. The molecule has 0 radical (unpaired) electrons. The van der Waals surface area contributed by atoms with Crippen molar-refractivity contribution in [1.82, 2.24) is 34.7 Å². The van der Waals surface area contributed by atoms with Crippen LogP contribution < -0.4 is 10.6 Å². The van der Waals surface area contributed by atoms with Crippen LogP contribution in [0.5, 0.6) is 0 Å². The average Bonchev–Trinajstić information content (AvgIpc) is 3.02. The standard InChI is InChI=1S/C12H13N9/c1-20(6-9-3-2-4-14-5-9)11-17-10(13)18-12(19-11)21-8-15-7-16-21/h2-5,7-8H,6H2,1H3,(H2,13,17,18,19). The van der Waals surface area contributed by atoms with Crippen LogP contribution >= 0.6 is 0 Å². The number of rotatable bonds is 4. The zero-order valence-electron chi connectivity index (χ0n) is 11.3. The summed E-state index contributed by atoms with van der Waals surface area (Å²) in [5.74, 6) is 0.911. The number of nitrogen functional groups attached to an aromatic ring is 1. The first-order chi connectivity index (χ1) is 10.2. The van der Waals surface area contributed by atoms with Gasteiger partial charge in [-0.25, -0.2) is 4.98 Å². The molecule has 3 aromatic rings. The van der Waals surface area contributed by atoms with E-state index >= 15 is 0 Å². The largest absolute Gasteiger partial charge is 0.368 e. The summed E-state index contributed by atoms with van der Waals surface area (Å²) in [5, 5.41) is 3.98. The monoisotopic (exact) mass is 283 g/mol. The zero-order valence-corrected chi connectivity index (χ0v) is 11.3. The van der Waals surface area contributed by atoms with Crippen LogP contribution in [0.1, 0.15) is 5.56 Å². The van der Waals surface area contributed by atoms with Crippen LogP contribution in [0.3, 0.4) is 0 Å². The molecule has 0 saturated carbocycles. The van der Waals surface area contributed by atoms with E-state index in [9.17, 15) is 0 Å². The van der Waals surface area contributed by atoms with Gasteiger partial charge in [0, 0.05) is 26.0 Å². The molecule has 0 aliphatic carbocycles. The molecule has 2 N–H and O–H groups in total. The van der Waals surface area contributed by atoms with E-state index in [1.807, 2.05) is 24.1 Å². The highest BCUT2D eigenvalue weighted by atomic mass is 15.4. The van der Waals surface area contributed by atoms with Gasteiger partial charge in [0.2, 0.25) is 11.9 Å². The van der Waals surface area contributed by atoms with Gasteiger partial charge in [0.1, 0.15) is 12.7 Å². The molecule has 9 heteroatoms. The van der Waals surface area contributed by atoms with Gasteiger partial charge in [0.05, 0.1) is 0 Å². The summed E-state index contributed by atoms with van der Waals surface area (Å²) in [5.41, 5.74) is 6.78. The van der Waals surface area contributed by atoms with E-state index in [0.717, 1.165) is 5.56 Å². The van der Waals surface area contributed by atoms with E-state index in [0.29, 0.717) is 18.4 Å². The second-order valence-corrected chi connectivity index (χ2v) is 4.35. The molecule has 3 aromatic heterocycles. The number of hydrogen-bond donors (Lipinski definition) is 1. The molecule has 0 fully saturated rings. The van der Waals surface area contributed by atoms with Crippen molar-refractivity contribution in [2.45, 2.75) is 6.54 Å². The molecule has 0 aliphatic heterocycles. The molecule has 21 heavy (non-hydrogen) atoms. The first-order valence-corrected chi connectivity index (χ1v) is 6.19. The second-order valence-electron chi connectivity index (χ2n) is 4.35. The fourth-order valence-electron chi connectivity index (χ4n) is 1.79. The maximum atomic E-state index is 5.73. The Labute approximate surface area is 120 Å². The molecule has 9 nitrogen and oxygen atoms in total. The molecule has 0 amide bonds. The van der Waals surface area contributed by atoms with Crippen molar-refractivity contribution < 1.29 is 0 Å². The number of pyridine rings is 1. The van der Waals surface area contributed by atoms with Gasteiger partial charge < -0.3 is 10.6 Å². The van der Waals surface area contributed by atoms with Crippen LogP contribution in [-0.2, 0) is 6.54 Å². The van der Waals surface area contributed by atoms with Crippen molar-refractivity contribution in [2.24, 2.45) is 0 Å². The van der Waals surface area contributed by atoms with Gasteiger partial charge in [-0.3, -0.25) is 4.98 Å². The van der Waals surface area contributed by atoms with Gasteiger partial charge in [0.25, 0.3) is 5.95 Å². The van der Waals surface area contributed by atoms with Gasteiger partial charge in [-0.15, -0.1) is 0 Å². The van der Waals surface area contributed by atoms with Crippen molar-refractivity contribution in [1.29, 1.82) is 0 Å². The molecule has 0 aliphatic rings. The lowest BCUT2D eigenvalue weighted by molar-refractivity contribution is 0.775. The van der Waals surface area contributed by atoms with Crippen LogP contribution in [0.4, 0.5) is 11.9 Å². The topological polar surface area (TPSA) is 112 Å². The van der Waals surface area contributed by atoms with Crippen molar-refractivity contribution in [3.05, 3.63) is 42.7 Å². The van der Waals surface area contributed by atoms with Gasteiger partial charge in [-0.1, -0.05) is 6.07 Å². The lowest BCUT2D eigenvalue weighted by atomic mass is 10.3. The van der Waals surface area contributed by atoms with E-state index < -0.39 is 0 Å². The minimum Gasteiger partial charge on any atom is -0.368 e. The fourth-order valence-corrected chi connectivity index (χ4v) is 1.79. The van der Waals surface area contributed by atoms with Crippen molar-refractivity contribution in [3.8, 4) is 5.95 Å². The SMILES string of the molecule is CN(Cc1cccnc1)c1nc(N)nc(-n2cncn2)n1. The molecular formula is C12H13N9. The first-order valence-electron chi connectivity index (χ1n) is 6.19. The smallest absolute Gasteiger partial charge is 0.258 e. The summed E-state index contributed by atoms with van der Waals surface area (Å²) < 4.78 is 1.43. The third-order valence-corrected chi connectivity index (χ3v) is 2.74. The molecule has 0 saturated heterocycles. The lowest BCUT2D eigenvalue weighted by Crippen LogP contribution is -2.21. The highest BCUT2D eigenvalue weighted by molar-refractivity contribution is 5.37. The molecule has 0 bridgehead atoms. The van der Waals surface area contributed by atoms with E-state index in [2.05, 4.69) is 30.0 Å². The summed E-state index contributed by atoms with van der Waals surface area (Å²) in [4.78, 5) is 22.3. The third-order valence-electron chi connectivity index (χ3n) is 2.74. The predicted molar refractivity (Wildman–Crippen MR) is 75.5 cm³/mol. The van der Waals surface area contributed by atoms with Crippen molar-refractivity contribution in [3.63, 3.8) is 0 Å². The zero-order chi connectivity index (χ0) is 14.7. The Balaban J connectivity index is 1.88. The molecule has 0 unspecified atom stereocenters. The summed E-state index contributed by atoms with van der Waals surface area (Å²) in [6, 6.07) is 3.86. The van der Waals surface area contributed by atoms with Crippen molar-refractivity contribution in [2.75, 3.05) is 17.7 Å². The Morgan fingerprint density at radius 2 is 2.14 bits per heavy atom. The second kappa shape index (κ2) is 5.49. The summed E-state index contributed by atoms with van der Waals surface area (Å²) >= 11 is 0. The summed E-state index contributed by atoms with van der Waals surface area (Å²) in [7, 11) is 1.87. The molecule has 106 valence electrons.